The van der Waals surface area contributed by atoms with Crippen LogP contribution in [0, 0.1) is 0 Å². The SMILES string of the molecule is CCCCSP(Br)CC. The summed E-state index contributed by atoms with van der Waals surface area (Å²) < 4.78 is 0. The van der Waals surface area contributed by atoms with Crippen molar-refractivity contribution in [3.8, 4) is 0 Å². The van der Waals surface area contributed by atoms with Crippen molar-refractivity contribution in [2.24, 2.45) is 0 Å². The third-order valence-corrected chi connectivity index (χ3v) is 7.74. The molecule has 0 aromatic rings. The zero-order chi connectivity index (χ0) is 7.11. The molecule has 0 N–H and O–H groups in total. The quantitative estimate of drug-likeness (QED) is 0.501. The lowest BCUT2D eigenvalue weighted by molar-refractivity contribution is 0.898. The molecule has 0 spiro atoms. The first-order valence-electron chi connectivity index (χ1n) is 3.37. The van der Waals surface area contributed by atoms with Crippen molar-refractivity contribution >= 4 is 32.7 Å². The molecule has 0 aliphatic rings. The molecule has 0 saturated carbocycles. The Morgan fingerprint density at radius 1 is 1.44 bits per heavy atom. The average molecular weight is 229 g/mol. The van der Waals surface area contributed by atoms with Crippen molar-refractivity contribution in [1.29, 1.82) is 0 Å². The monoisotopic (exact) mass is 228 g/mol. The van der Waals surface area contributed by atoms with Gasteiger partial charge in [-0.2, -0.15) is 0 Å². The Labute approximate surface area is 71.4 Å². The Hall–Kier alpha value is 1.26. The molecule has 9 heavy (non-hydrogen) atoms. The van der Waals surface area contributed by atoms with Crippen LogP contribution in [0.2, 0.25) is 0 Å². The molecule has 0 saturated heterocycles. The predicted octanol–water partition coefficient (Wildman–Crippen LogP) is 4.25. The Bertz CT molecular complexity index is 61.0. The minimum Gasteiger partial charge on any atom is -0.122 e. The van der Waals surface area contributed by atoms with Gasteiger partial charge in [0.25, 0.3) is 0 Å². The number of halogens is 1. The molecule has 0 bridgehead atoms. The second-order valence-corrected chi connectivity index (χ2v) is 9.83. The summed E-state index contributed by atoms with van der Waals surface area (Å²) in [5.74, 6) is 1.47. The molecule has 1 atom stereocenters. The van der Waals surface area contributed by atoms with Gasteiger partial charge in [0, 0.05) is 5.83 Å². The topological polar surface area (TPSA) is 0 Å². The van der Waals surface area contributed by atoms with Crippen LogP contribution >= 0.6 is 32.7 Å². The lowest BCUT2D eigenvalue weighted by Gasteiger charge is -2.03. The number of unbranched alkanes of at least 4 members (excludes halogenated alkanes) is 1. The Kier molecular flexibility index (Phi) is 8.40. The van der Waals surface area contributed by atoms with E-state index >= 15 is 0 Å². The van der Waals surface area contributed by atoms with Crippen LogP contribution < -0.4 is 0 Å². The van der Waals surface area contributed by atoms with Gasteiger partial charge in [-0.25, -0.2) is 0 Å². The zero-order valence-corrected chi connectivity index (χ0v) is 9.36. The summed E-state index contributed by atoms with van der Waals surface area (Å²) >= 11 is 5.72. The van der Waals surface area contributed by atoms with E-state index < -0.39 is 0 Å². The lowest BCUT2D eigenvalue weighted by atomic mass is 10.4. The second kappa shape index (κ2) is 7.37. The van der Waals surface area contributed by atoms with E-state index in [2.05, 4.69) is 40.7 Å². The summed E-state index contributed by atoms with van der Waals surface area (Å²) in [5.41, 5.74) is 0. The van der Waals surface area contributed by atoms with Crippen molar-refractivity contribution in [3.63, 3.8) is 0 Å². The fourth-order valence-electron chi connectivity index (χ4n) is 0.399. The number of rotatable bonds is 5. The Balaban J connectivity index is 2.88. The van der Waals surface area contributed by atoms with E-state index in [4.69, 9.17) is 0 Å². The molecule has 0 rings (SSSR count). The second-order valence-electron chi connectivity index (χ2n) is 1.82. The third-order valence-electron chi connectivity index (χ3n) is 0.978. The molecular weight excluding hydrogens is 215 g/mol. The standard InChI is InChI=1S/C6H14BrPS/c1-3-5-6-9-8(7)4-2/h3-6H2,1-2H3. The molecule has 0 aromatic heterocycles. The summed E-state index contributed by atoms with van der Waals surface area (Å²) in [4.78, 5) is 0. The summed E-state index contributed by atoms with van der Waals surface area (Å²) in [6.07, 6.45) is 3.99. The molecule has 0 amide bonds. The zero-order valence-electron chi connectivity index (χ0n) is 6.06. The van der Waals surface area contributed by atoms with Crippen LogP contribution in [-0.4, -0.2) is 11.9 Å². The van der Waals surface area contributed by atoms with Gasteiger partial charge < -0.3 is 0 Å². The average Bonchev–Trinajstić information content (AvgIpc) is 1.89. The summed E-state index contributed by atoms with van der Waals surface area (Å²) in [7, 11) is 0. The maximum absolute atomic E-state index is 3.63. The van der Waals surface area contributed by atoms with Crippen LogP contribution in [0.1, 0.15) is 26.7 Å². The molecule has 1 unspecified atom stereocenters. The minimum absolute atomic E-state index is 0.139. The fourth-order valence-corrected chi connectivity index (χ4v) is 4.03. The van der Waals surface area contributed by atoms with Crippen molar-refractivity contribution in [1.82, 2.24) is 0 Å². The van der Waals surface area contributed by atoms with Gasteiger partial charge in [-0.05, 0) is 33.8 Å². The van der Waals surface area contributed by atoms with Gasteiger partial charge in [-0.3, -0.25) is 0 Å². The lowest BCUT2D eigenvalue weighted by Crippen LogP contribution is -1.73. The normalized spacial score (nSPS) is 13.7. The maximum atomic E-state index is 3.63. The van der Waals surface area contributed by atoms with Crippen LogP contribution in [-0.2, 0) is 0 Å². The highest BCUT2D eigenvalue weighted by molar-refractivity contribution is 9.48. The summed E-state index contributed by atoms with van der Waals surface area (Å²) in [6, 6.07) is 0. The predicted molar refractivity (Wildman–Crippen MR) is 53.8 cm³/mol. The van der Waals surface area contributed by atoms with Gasteiger partial charge in [-0.1, -0.05) is 20.3 Å². The number of hydrogen-bond donors (Lipinski definition) is 0. The van der Waals surface area contributed by atoms with E-state index in [0.717, 1.165) is 0 Å². The van der Waals surface area contributed by atoms with Gasteiger partial charge in [-0.15, -0.1) is 11.4 Å². The summed E-state index contributed by atoms with van der Waals surface area (Å²) in [5, 5.41) is 0. The molecular formula is C6H14BrPS. The Morgan fingerprint density at radius 3 is 2.56 bits per heavy atom. The third kappa shape index (κ3) is 7.15. The van der Waals surface area contributed by atoms with Gasteiger partial charge in [0.2, 0.25) is 0 Å². The van der Waals surface area contributed by atoms with E-state index in [1.807, 2.05) is 0 Å². The van der Waals surface area contributed by atoms with Crippen molar-refractivity contribution in [2.75, 3.05) is 11.9 Å². The highest BCUT2D eigenvalue weighted by Gasteiger charge is 1.97. The molecule has 3 heteroatoms. The largest absolute Gasteiger partial charge is 0.122 e. The van der Waals surface area contributed by atoms with E-state index in [-0.39, 0.29) is 5.83 Å². The van der Waals surface area contributed by atoms with Crippen molar-refractivity contribution < 1.29 is 0 Å². The van der Waals surface area contributed by atoms with E-state index in [0.29, 0.717) is 0 Å². The molecule has 0 aromatic carbocycles. The van der Waals surface area contributed by atoms with Crippen LogP contribution in [0.5, 0.6) is 0 Å². The van der Waals surface area contributed by atoms with E-state index in [9.17, 15) is 0 Å². The molecule has 0 aliphatic heterocycles. The van der Waals surface area contributed by atoms with Crippen LogP contribution in [0.25, 0.3) is 0 Å². The van der Waals surface area contributed by atoms with Crippen molar-refractivity contribution in [2.45, 2.75) is 26.7 Å². The highest BCUT2D eigenvalue weighted by atomic mass is 79.9. The molecule has 0 fully saturated rings. The van der Waals surface area contributed by atoms with Gasteiger partial charge in [0.1, 0.15) is 0 Å². The van der Waals surface area contributed by atoms with Gasteiger partial charge in [0.15, 0.2) is 0 Å². The Morgan fingerprint density at radius 2 is 2.11 bits per heavy atom. The van der Waals surface area contributed by atoms with Crippen LogP contribution in [0.4, 0.5) is 0 Å². The van der Waals surface area contributed by atoms with Crippen LogP contribution in [0.3, 0.4) is 0 Å². The van der Waals surface area contributed by atoms with Crippen molar-refractivity contribution in [3.05, 3.63) is 0 Å². The van der Waals surface area contributed by atoms with Gasteiger partial charge in [0.05, 0.1) is 0 Å². The highest BCUT2D eigenvalue weighted by Crippen LogP contribution is 2.56. The maximum Gasteiger partial charge on any atom is 0.0232 e. The molecule has 0 nitrogen and oxygen atoms in total. The molecule has 0 aliphatic carbocycles. The molecule has 0 radical (unpaired) electrons. The summed E-state index contributed by atoms with van der Waals surface area (Å²) in [6.45, 7) is 4.47. The molecule has 0 heterocycles. The van der Waals surface area contributed by atoms with E-state index in [1.165, 1.54) is 24.8 Å². The van der Waals surface area contributed by atoms with Gasteiger partial charge >= 0.3 is 0 Å². The first-order chi connectivity index (χ1) is 4.31. The molecule has 56 valence electrons. The minimum atomic E-state index is 0.139. The first kappa shape index (κ1) is 10.3. The first-order valence-corrected chi connectivity index (χ1v) is 8.51. The van der Waals surface area contributed by atoms with Crippen LogP contribution in [0.15, 0.2) is 0 Å². The number of hydrogen-bond acceptors (Lipinski definition) is 1. The fraction of sp³-hybridized carbons (Fsp3) is 1.00. The van der Waals surface area contributed by atoms with E-state index in [1.54, 1.807) is 0 Å². The smallest absolute Gasteiger partial charge is 0.0232 e.